The second-order valence-corrected chi connectivity index (χ2v) is 8.53. The van der Waals surface area contributed by atoms with Gasteiger partial charge >= 0.3 is 0 Å². The lowest BCUT2D eigenvalue weighted by atomic mass is 9.92. The molecule has 0 saturated heterocycles. The second-order valence-electron chi connectivity index (χ2n) is 8.53. The van der Waals surface area contributed by atoms with Crippen molar-refractivity contribution < 1.29 is 19.1 Å². The Morgan fingerprint density at radius 3 is 2.52 bits per heavy atom. The maximum atomic E-state index is 13.3. The summed E-state index contributed by atoms with van der Waals surface area (Å²) in [5.41, 5.74) is 1.58. The lowest BCUT2D eigenvalue weighted by molar-refractivity contribution is -0.143. The van der Waals surface area contributed by atoms with E-state index in [0.29, 0.717) is 35.2 Å². The smallest absolute Gasteiger partial charge is 0.271 e. The number of imide groups is 1. The summed E-state index contributed by atoms with van der Waals surface area (Å²) >= 11 is 0. The highest BCUT2D eigenvalue weighted by Gasteiger charge is 2.40. The average molecular weight is 423 g/mol. The number of nitrogens with zero attached hydrogens (tertiary/aromatic N) is 2. The largest absolute Gasteiger partial charge is 0.493 e. The first-order valence-corrected chi connectivity index (χ1v) is 10.9. The van der Waals surface area contributed by atoms with Gasteiger partial charge in [0.15, 0.2) is 11.5 Å². The monoisotopic (exact) mass is 422 g/mol. The molecule has 0 atom stereocenters. The number of benzene rings is 1. The Kier molecular flexibility index (Phi) is 7.17. The van der Waals surface area contributed by atoms with Gasteiger partial charge in [-0.25, -0.2) is 0 Å². The van der Waals surface area contributed by atoms with Crippen LogP contribution in [0, 0.1) is 17.2 Å². The van der Waals surface area contributed by atoms with Crippen molar-refractivity contribution in [2.24, 2.45) is 5.92 Å². The molecule has 6 nitrogen and oxygen atoms in total. The van der Waals surface area contributed by atoms with Crippen LogP contribution in [0.5, 0.6) is 11.5 Å². The zero-order chi connectivity index (χ0) is 22.5. The Balaban J connectivity index is 1.95. The third kappa shape index (κ3) is 4.82. The van der Waals surface area contributed by atoms with Gasteiger partial charge in [-0.1, -0.05) is 32.8 Å². The summed E-state index contributed by atoms with van der Waals surface area (Å²) in [5, 5.41) is 9.57. The first kappa shape index (κ1) is 22.6. The fourth-order valence-electron chi connectivity index (χ4n) is 4.06. The van der Waals surface area contributed by atoms with Crippen molar-refractivity contribution in [3.8, 4) is 17.6 Å². The number of carbonyl (C=O) groups is 2. The normalized spacial score (nSPS) is 18.8. The van der Waals surface area contributed by atoms with E-state index in [2.05, 4.69) is 13.8 Å². The molecule has 1 fully saturated rings. The summed E-state index contributed by atoms with van der Waals surface area (Å²) in [5.74, 6) is 0.965. The quantitative estimate of drug-likeness (QED) is 0.472. The van der Waals surface area contributed by atoms with Crippen LogP contribution in [0.2, 0.25) is 0 Å². The van der Waals surface area contributed by atoms with E-state index in [1.807, 2.05) is 18.2 Å². The van der Waals surface area contributed by atoms with Gasteiger partial charge in [-0.2, -0.15) is 5.26 Å². The molecule has 0 unspecified atom stereocenters. The number of ether oxygens (including phenoxy) is 2. The Hall–Kier alpha value is -3.07. The highest BCUT2D eigenvalue weighted by atomic mass is 16.5. The van der Waals surface area contributed by atoms with Gasteiger partial charge in [0.2, 0.25) is 0 Å². The molecule has 1 aromatic rings. The van der Waals surface area contributed by atoms with Crippen LogP contribution in [-0.4, -0.2) is 36.5 Å². The first-order chi connectivity index (χ1) is 14.9. The number of hydrogen-bond donors (Lipinski definition) is 0. The number of hydrogen-bond acceptors (Lipinski definition) is 5. The number of methoxy groups -OCH3 is 1. The van der Waals surface area contributed by atoms with Crippen molar-refractivity contribution >= 4 is 17.9 Å². The van der Waals surface area contributed by atoms with Crippen LogP contribution < -0.4 is 9.47 Å². The standard InChI is InChI=1S/C25H30N2O4/c1-16(2)11-12-31-22-10-9-18(14-23(22)30-4)13-20-17(3)21(15-26)25(29)27(24(20)28)19-7-5-6-8-19/h9-10,13-14,16,19H,5-8,11-12H2,1-4H3/b20-13+. The van der Waals surface area contributed by atoms with Gasteiger partial charge < -0.3 is 9.47 Å². The van der Waals surface area contributed by atoms with Crippen LogP contribution in [0.3, 0.4) is 0 Å². The summed E-state index contributed by atoms with van der Waals surface area (Å²) in [6, 6.07) is 7.35. The van der Waals surface area contributed by atoms with Gasteiger partial charge in [0, 0.05) is 11.6 Å². The summed E-state index contributed by atoms with van der Waals surface area (Å²) in [6.07, 6.45) is 6.22. The van der Waals surface area contributed by atoms with E-state index < -0.39 is 5.91 Å². The number of carbonyl (C=O) groups excluding carboxylic acids is 2. The summed E-state index contributed by atoms with van der Waals surface area (Å²) < 4.78 is 11.3. The maximum absolute atomic E-state index is 13.3. The summed E-state index contributed by atoms with van der Waals surface area (Å²) in [6.45, 7) is 6.54. The Labute approximate surface area is 184 Å². The molecule has 0 N–H and O–H groups in total. The van der Waals surface area contributed by atoms with Gasteiger partial charge in [0.05, 0.1) is 13.7 Å². The first-order valence-electron chi connectivity index (χ1n) is 10.9. The van der Waals surface area contributed by atoms with Crippen molar-refractivity contribution in [2.75, 3.05) is 13.7 Å². The second kappa shape index (κ2) is 9.82. The fraction of sp³-hybridized carbons (Fsp3) is 0.480. The van der Waals surface area contributed by atoms with Crippen molar-refractivity contribution in [3.63, 3.8) is 0 Å². The van der Waals surface area contributed by atoms with Crippen molar-refractivity contribution in [1.82, 2.24) is 4.90 Å². The molecule has 1 saturated carbocycles. The highest BCUT2D eigenvalue weighted by Crippen LogP contribution is 2.34. The molecule has 1 aliphatic carbocycles. The molecule has 164 valence electrons. The van der Waals surface area contributed by atoms with E-state index in [0.717, 1.165) is 37.7 Å². The third-order valence-corrected chi connectivity index (χ3v) is 5.91. The average Bonchev–Trinajstić information content (AvgIpc) is 3.26. The van der Waals surface area contributed by atoms with Crippen molar-refractivity contribution in [3.05, 3.63) is 40.5 Å². The number of amides is 2. The van der Waals surface area contributed by atoms with Crippen LogP contribution >= 0.6 is 0 Å². The summed E-state index contributed by atoms with van der Waals surface area (Å²) in [7, 11) is 1.58. The number of rotatable bonds is 7. The minimum absolute atomic E-state index is 0.0401. The van der Waals surface area contributed by atoms with Crippen LogP contribution in [0.4, 0.5) is 0 Å². The van der Waals surface area contributed by atoms with Gasteiger partial charge in [-0.3, -0.25) is 14.5 Å². The maximum Gasteiger partial charge on any atom is 0.271 e. The lowest BCUT2D eigenvalue weighted by Crippen LogP contribution is -2.47. The molecule has 1 aliphatic heterocycles. The molecule has 1 heterocycles. The van der Waals surface area contributed by atoms with E-state index in [4.69, 9.17) is 9.47 Å². The highest BCUT2D eigenvalue weighted by molar-refractivity contribution is 6.19. The molecule has 1 aromatic carbocycles. The van der Waals surface area contributed by atoms with Gasteiger partial charge in [0.25, 0.3) is 11.8 Å². The fourth-order valence-corrected chi connectivity index (χ4v) is 4.06. The van der Waals surface area contributed by atoms with Crippen LogP contribution in [-0.2, 0) is 9.59 Å². The van der Waals surface area contributed by atoms with E-state index in [1.165, 1.54) is 4.90 Å². The van der Waals surface area contributed by atoms with E-state index in [1.54, 1.807) is 26.2 Å². The molecule has 0 spiro atoms. The van der Waals surface area contributed by atoms with Gasteiger partial charge in [-0.15, -0.1) is 0 Å². The zero-order valence-corrected chi connectivity index (χ0v) is 18.7. The predicted octanol–water partition coefficient (Wildman–Crippen LogP) is 4.65. The predicted molar refractivity (Wildman–Crippen MR) is 118 cm³/mol. The molecule has 0 radical (unpaired) electrons. The molecule has 6 heteroatoms. The Morgan fingerprint density at radius 1 is 1.19 bits per heavy atom. The number of nitriles is 1. The van der Waals surface area contributed by atoms with Crippen molar-refractivity contribution in [1.29, 1.82) is 5.26 Å². The third-order valence-electron chi connectivity index (χ3n) is 5.91. The molecular formula is C25H30N2O4. The zero-order valence-electron chi connectivity index (χ0n) is 18.7. The van der Waals surface area contributed by atoms with E-state index in [9.17, 15) is 14.9 Å². The molecular weight excluding hydrogens is 392 g/mol. The topological polar surface area (TPSA) is 79.6 Å². The SMILES string of the molecule is COc1cc(/C=C2/C(=O)N(C3CCCC3)C(=O)C(C#N)=C2C)ccc1OCCC(C)C. The molecule has 2 amide bonds. The van der Waals surface area contributed by atoms with Crippen LogP contribution in [0.25, 0.3) is 6.08 Å². The summed E-state index contributed by atoms with van der Waals surface area (Å²) in [4.78, 5) is 27.4. The van der Waals surface area contributed by atoms with Crippen LogP contribution in [0.15, 0.2) is 34.9 Å². The van der Waals surface area contributed by atoms with E-state index >= 15 is 0 Å². The van der Waals surface area contributed by atoms with Crippen molar-refractivity contribution in [2.45, 2.75) is 58.9 Å². The molecule has 0 bridgehead atoms. The Bertz CT molecular complexity index is 962. The van der Waals surface area contributed by atoms with E-state index in [-0.39, 0.29) is 17.5 Å². The minimum Gasteiger partial charge on any atom is -0.493 e. The molecule has 3 rings (SSSR count). The molecule has 31 heavy (non-hydrogen) atoms. The Morgan fingerprint density at radius 2 is 1.90 bits per heavy atom. The lowest BCUT2D eigenvalue weighted by Gasteiger charge is -2.32. The van der Waals surface area contributed by atoms with Gasteiger partial charge in [0.1, 0.15) is 11.6 Å². The molecule has 2 aliphatic rings. The van der Waals surface area contributed by atoms with Crippen LogP contribution in [0.1, 0.15) is 58.4 Å². The minimum atomic E-state index is -0.472. The van der Waals surface area contributed by atoms with Gasteiger partial charge in [-0.05, 0) is 61.4 Å². The molecule has 0 aromatic heterocycles.